The molecule has 0 aliphatic carbocycles. The van der Waals surface area contributed by atoms with Crippen LogP contribution in [0.5, 0.6) is 0 Å². The molecule has 0 saturated carbocycles. The Labute approximate surface area is 132 Å². The quantitative estimate of drug-likeness (QED) is 0.841. The monoisotopic (exact) mass is 340 g/mol. The third-order valence-corrected chi connectivity index (χ3v) is 5.45. The first-order chi connectivity index (χ1) is 10.3. The Hall–Kier alpha value is -1.97. The van der Waals surface area contributed by atoms with Gasteiger partial charge >= 0.3 is 0 Å². The largest absolute Gasteiger partial charge is 0.375 e. The second-order valence-corrected chi connectivity index (χ2v) is 7.71. The number of sulfonamides is 1. The Balaban J connectivity index is 2.05. The molecule has 0 fully saturated rings. The number of hydrogen-bond donors (Lipinski definition) is 2. The summed E-state index contributed by atoms with van der Waals surface area (Å²) in [6.07, 6.45) is 0. The predicted octanol–water partition coefficient (Wildman–Crippen LogP) is 0.906. The summed E-state index contributed by atoms with van der Waals surface area (Å²) in [5, 5.41) is 4.91. The number of thiazole rings is 1. The van der Waals surface area contributed by atoms with E-state index in [2.05, 4.69) is 10.3 Å². The van der Waals surface area contributed by atoms with Crippen LogP contribution in [0, 0.1) is 0 Å². The number of benzene rings is 1. The Morgan fingerprint density at radius 1 is 1.32 bits per heavy atom. The third-order valence-electron chi connectivity index (χ3n) is 2.89. The van der Waals surface area contributed by atoms with Crippen LogP contribution in [0.3, 0.4) is 0 Å². The molecule has 9 heteroatoms. The van der Waals surface area contributed by atoms with E-state index >= 15 is 0 Å². The Morgan fingerprint density at radius 3 is 2.45 bits per heavy atom. The van der Waals surface area contributed by atoms with Crippen molar-refractivity contribution in [3.8, 4) is 0 Å². The van der Waals surface area contributed by atoms with Crippen LogP contribution in [0.15, 0.2) is 34.5 Å². The number of anilines is 1. The number of rotatable bonds is 5. The minimum absolute atomic E-state index is 0.140. The molecule has 2 aromatic rings. The summed E-state index contributed by atoms with van der Waals surface area (Å²) in [7, 11) is -0.585. The maximum atomic E-state index is 12.0. The lowest BCUT2D eigenvalue weighted by Gasteiger charge is -2.11. The number of aromatic nitrogens is 1. The maximum absolute atomic E-state index is 12.0. The van der Waals surface area contributed by atoms with E-state index < -0.39 is 10.0 Å². The zero-order chi connectivity index (χ0) is 16.3. The molecule has 0 spiro atoms. The highest BCUT2D eigenvalue weighted by Gasteiger charge is 2.17. The highest BCUT2D eigenvalue weighted by Crippen LogP contribution is 2.14. The number of nitrogens with one attached hydrogen (secondary N) is 1. The molecule has 0 saturated heterocycles. The number of hydrogen-bond acceptors (Lipinski definition) is 6. The van der Waals surface area contributed by atoms with Gasteiger partial charge in [0.15, 0.2) is 5.13 Å². The minimum atomic E-state index is -3.49. The van der Waals surface area contributed by atoms with Gasteiger partial charge in [-0.1, -0.05) is 0 Å². The summed E-state index contributed by atoms with van der Waals surface area (Å²) < 4.78 is 25.0. The number of nitrogens with zero attached hydrogens (tertiary/aromatic N) is 2. The molecule has 0 unspecified atom stereocenters. The summed E-state index contributed by atoms with van der Waals surface area (Å²) in [4.78, 5) is 16.2. The summed E-state index contributed by atoms with van der Waals surface area (Å²) in [5.41, 5.74) is 6.57. The molecule has 1 amide bonds. The fourth-order valence-corrected chi connectivity index (χ4v) is 3.13. The van der Waals surface area contributed by atoms with Crippen molar-refractivity contribution in [1.82, 2.24) is 14.6 Å². The van der Waals surface area contributed by atoms with Crippen LogP contribution in [0.2, 0.25) is 0 Å². The average Bonchev–Trinajstić information content (AvgIpc) is 2.90. The van der Waals surface area contributed by atoms with Gasteiger partial charge in [-0.05, 0) is 24.3 Å². The molecule has 0 atom stereocenters. The third kappa shape index (κ3) is 3.62. The van der Waals surface area contributed by atoms with Gasteiger partial charge in [0.2, 0.25) is 10.0 Å². The van der Waals surface area contributed by atoms with Gasteiger partial charge in [-0.2, -0.15) is 0 Å². The van der Waals surface area contributed by atoms with Gasteiger partial charge in [0.25, 0.3) is 5.91 Å². The predicted molar refractivity (Wildman–Crippen MR) is 85.0 cm³/mol. The Kier molecular flexibility index (Phi) is 4.79. The summed E-state index contributed by atoms with van der Waals surface area (Å²) in [5.74, 6) is -0.305. The van der Waals surface area contributed by atoms with Crippen LogP contribution in [0.25, 0.3) is 0 Å². The van der Waals surface area contributed by atoms with E-state index in [9.17, 15) is 13.2 Å². The molecule has 1 heterocycles. The lowest BCUT2D eigenvalue weighted by molar-refractivity contribution is 0.0950. The molecule has 1 aromatic heterocycles. The molecule has 0 bridgehead atoms. The van der Waals surface area contributed by atoms with Gasteiger partial charge in [-0.15, -0.1) is 11.3 Å². The number of nitrogen functional groups attached to an aromatic ring is 1. The Morgan fingerprint density at radius 2 is 1.95 bits per heavy atom. The highest BCUT2D eigenvalue weighted by molar-refractivity contribution is 7.89. The lowest BCUT2D eigenvalue weighted by Crippen LogP contribution is -2.24. The standard InChI is InChI=1S/C13H16N4O3S2/c1-17(2)22(19,20)11-5-3-9(4-6-11)12(18)15-7-10-8-21-13(14)16-10/h3-6,8H,7H2,1-2H3,(H2,14,16)(H,15,18). The fraction of sp³-hybridized carbons (Fsp3) is 0.231. The number of carbonyl (C=O) groups is 1. The molecule has 0 aliphatic heterocycles. The van der Waals surface area contributed by atoms with Gasteiger partial charge in [0, 0.05) is 25.0 Å². The van der Waals surface area contributed by atoms with E-state index in [0.29, 0.717) is 16.4 Å². The fourth-order valence-electron chi connectivity index (χ4n) is 1.67. The first-order valence-corrected chi connectivity index (χ1v) is 8.63. The number of carbonyl (C=O) groups excluding carboxylic acids is 1. The van der Waals surface area contributed by atoms with E-state index in [1.165, 1.54) is 49.7 Å². The molecule has 2 rings (SSSR count). The molecular formula is C13H16N4O3S2. The van der Waals surface area contributed by atoms with E-state index in [1.807, 2.05) is 0 Å². The molecule has 22 heavy (non-hydrogen) atoms. The summed E-state index contributed by atoms with van der Waals surface area (Å²) in [6, 6.07) is 5.76. The number of amides is 1. The lowest BCUT2D eigenvalue weighted by atomic mass is 10.2. The Bertz CT molecular complexity index is 767. The van der Waals surface area contributed by atoms with Crippen LogP contribution in [0.4, 0.5) is 5.13 Å². The molecule has 118 valence electrons. The average molecular weight is 340 g/mol. The van der Waals surface area contributed by atoms with E-state index in [-0.39, 0.29) is 17.3 Å². The minimum Gasteiger partial charge on any atom is -0.375 e. The van der Waals surface area contributed by atoms with Gasteiger partial charge in [0.05, 0.1) is 17.1 Å². The van der Waals surface area contributed by atoms with Crippen molar-refractivity contribution in [2.75, 3.05) is 19.8 Å². The van der Waals surface area contributed by atoms with Gasteiger partial charge < -0.3 is 11.1 Å². The van der Waals surface area contributed by atoms with Gasteiger partial charge in [0.1, 0.15) is 0 Å². The maximum Gasteiger partial charge on any atom is 0.251 e. The summed E-state index contributed by atoms with van der Waals surface area (Å²) >= 11 is 1.30. The van der Waals surface area contributed by atoms with Crippen LogP contribution in [-0.2, 0) is 16.6 Å². The van der Waals surface area contributed by atoms with Crippen LogP contribution in [-0.4, -0.2) is 37.7 Å². The number of nitrogens with two attached hydrogens (primary N) is 1. The van der Waals surface area contributed by atoms with Gasteiger partial charge in [-0.25, -0.2) is 17.7 Å². The zero-order valence-electron chi connectivity index (χ0n) is 12.1. The van der Waals surface area contributed by atoms with Crippen LogP contribution in [0.1, 0.15) is 16.1 Å². The molecule has 0 aliphatic rings. The van der Waals surface area contributed by atoms with Crippen molar-refractivity contribution in [2.24, 2.45) is 0 Å². The van der Waals surface area contributed by atoms with Crippen LogP contribution >= 0.6 is 11.3 Å². The smallest absolute Gasteiger partial charge is 0.251 e. The first kappa shape index (κ1) is 16.4. The molecule has 0 radical (unpaired) electrons. The summed E-state index contributed by atoms with van der Waals surface area (Å²) in [6.45, 7) is 0.268. The second kappa shape index (κ2) is 6.42. The normalized spacial score (nSPS) is 11.6. The SMILES string of the molecule is CN(C)S(=O)(=O)c1ccc(C(=O)NCc2csc(N)n2)cc1. The second-order valence-electron chi connectivity index (χ2n) is 4.67. The van der Waals surface area contributed by atoms with Crippen molar-refractivity contribution < 1.29 is 13.2 Å². The van der Waals surface area contributed by atoms with Gasteiger partial charge in [-0.3, -0.25) is 4.79 Å². The van der Waals surface area contributed by atoms with Crippen LogP contribution < -0.4 is 11.1 Å². The molecule has 1 aromatic carbocycles. The van der Waals surface area contributed by atoms with E-state index in [4.69, 9.17) is 5.73 Å². The molecule has 7 nitrogen and oxygen atoms in total. The van der Waals surface area contributed by atoms with Crippen molar-refractivity contribution in [3.05, 3.63) is 40.9 Å². The van der Waals surface area contributed by atoms with Crippen molar-refractivity contribution in [2.45, 2.75) is 11.4 Å². The molecule has 3 N–H and O–H groups in total. The molecular weight excluding hydrogens is 324 g/mol. The first-order valence-electron chi connectivity index (χ1n) is 6.31. The highest BCUT2D eigenvalue weighted by atomic mass is 32.2. The van der Waals surface area contributed by atoms with E-state index in [0.717, 1.165) is 4.31 Å². The van der Waals surface area contributed by atoms with Crippen molar-refractivity contribution >= 4 is 32.4 Å². The van der Waals surface area contributed by atoms with E-state index in [1.54, 1.807) is 5.38 Å². The van der Waals surface area contributed by atoms with Crippen molar-refractivity contribution in [3.63, 3.8) is 0 Å². The van der Waals surface area contributed by atoms with Crippen molar-refractivity contribution in [1.29, 1.82) is 0 Å². The topological polar surface area (TPSA) is 105 Å². The zero-order valence-corrected chi connectivity index (χ0v) is 13.7.